The van der Waals surface area contributed by atoms with Gasteiger partial charge in [0.25, 0.3) is 0 Å². The molecule has 20 heavy (non-hydrogen) atoms. The van der Waals surface area contributed by atoms with E-state index in [0.29, 0.717) is 13.1 Å². The van der Waals surface area contributed by atoms with Gasteiger partial charge in [0.2, 0.25) is 0 Å². The van der Waals surface area contributed by atoms with Gasteiger partial charge in [0, 0.05) is 13.1 Å². The largest absolute Gasteiger partial charge is 0.491 e. The van der Waals surface area contributed by atoms with Gasteiger partial charge in [-0.3, -0.25) is 4.90 Å². The van der Waals surface area contributed by atoms with Crippen molar-refractivity contribution >= 4 is 0 Å². The lowest BCUT2D eigenvalue weighted by molar-refractivity contribution is 0.0242. The molecule has 1 heterocycles. The summed E-state index contributed by atoms with van der Waals surface area (Å²) in [6.07, 6.45) is 1.08. The molecule has 0 unspecified atom stereocenters. The second kappa shape index (κ2) is 7.07. The van der Waals surface area contributed by atoms with Crippen LogP contribution in [0.25, 0.3) is 0 Å². The van der Waals surface area contributed by atoms with Crippen LogP contribution in [0.4, 0.5) is 0 Å². The number of nitrogens with zero attached hydrogens (tertiary/aromatic N) is 1. The molecular weight excluding hydrogens is 254 g/mol. The number of aliphatic hydroxyl groups excluding tert-OH is 2. The number of rotatable bonds is 5. The van der Waals surface area contributed by atoms with Crippen LogP contribution in [0.3, 0.4) is 0 Å². The molecule has 0 amide bonds. The molecule has 0 aliphatic carbocycles. The van der Waals surface area contributed by atoms with Gasteiger partial charge in [-0.05, 0) is 50.4 Å². The van der Waals surface area contributed by atoms with Crippen molar-refractivity contribution in [2.24, 2.45) is 0 Å². The second-order valence-corrected chi connectivity index (χ2v) is 5.79. The zero-order valence-electron chi connectivity index (χ0n) is 12.4. The highest BCUT2D eigenvalue weighted by atomic mass is 16.5. The maximum absolute atomic E-state index is 10.1. The molecule has 4 heteroatoms. The smallest absolute Gasteiger partial charge is 0.122 e. The minimum absolute atomic E-state index is 0.254. The molecule has 1 fully saturated rings. The van der Waals surface area contributed by atoms with E-state index in [-0.39, 0.29) is 12.7 Å². The van der Waals surface area contributed by atoms with Crippen LogP contribution in [0, 0.1) is 13.8 Å². The van der Waals surface area contributed by atoms with Crippen LogP contribution < -0.4 is 4.74 Å². The van der Waals surface area contributed by atoms with Gasteiger partial charge < -0.3 is 14.9 Å². The minimum atomic E-state index is -0.528. The number of aliphatic hydroxyl groups is 2. The monoisotopic (exact) mass is 279 g/mol. The summed E-state index contributed by atoms with van der Waals surface area (Å²) in [5.74, 6) is 0.836. The molecule has 0 saturated carbocycles. The first-order valence-corrected chi connectivity index (χ1v) is 7.33. The third kappa shape index (κ3) is 4.47. The molecular formula is C16H25NO3. The van der Waals surface area contributed by atoms with E-state index in [1.54, 1.807) is 0 Å². The van der Waals surface area contributed by atoms with Crippen LogP contribution in [0.15, 0.2) is 18.2 Å². The fourth-order valence-electron chi connectivity index (χ4n) is 2.60. The fraction of sp³-hybridized carbons (Fsp3) is 0.625. The molecule has 0 bridgehead atoms. The molecule has 0 spiro atoms. The average Bonchev–Trinajstić information content (AvgIpc) is 2.40. The van der Waals surface area contributed by atoms with Crippen LogP contribution in [0.5, 0.6) is 5.75 Å². The van der Waals surface area contributed by atoms with Crippen molar-refractivity contribution in [1.29, 1.82) is 0 Å². The highest BCUT2D eigenvalue weighted by Crippen LogP contribution is 2.19. The highest BCUT2D eigenvalue weighted by Gasteiger charge is 2.20. The predicted molar refractivity (Wildman–Crippen MR) is 79.1 cm³/mol. The summed E-state index contributed by atoms with van der Waals surface area (Å²) in [5, 5.41) is 19.7. The van der Waals surface area contributed by atoms with E-state index in [2.05, 4.69) is 4.90 Å². The Bertz CT molecular complexity index is 436. The molecule has 1 saturated heterocycles. The molecule has 1 aromatic rings. The number of benzene rings is 1. The van der Waals surface area contributed by atoms with Crippen molar-refractivity contribution in [3.63, 3.8) is 0 Å². The Morgan fingerprint density at radius 2 is 2.20 bits per heavy atom. The molecule has 112 valence electrons. The number of hydrogen-bond acceptors (Lipinski definition) is 4. The first kappa shape index (κ1) is 15.3. The highest BCUT2D eigenvalue weighted by molar-refractivity contribution is 5.35. The van der Waals surface area contributed by atoms with E-state index >= 15 is 0 Å². The van der Waals surface area contributed by atoms with E-state index in [1.807, 2.05) is 32.0 Å². The van der Waals surface area contributed by atoms with E-state index in [4.69, 9.17) is 4.74 Å². The Hall–Kier alpha value is -1.10. The van der Waals surface area contributed by atoms with Crippen molar-refractivity contribution in [3.05, 3.63) is 29.3 Å². The fourth-order valence-corrected chi connectivity index (χ4v) is 2.60. The van der Waals surface area contributed by atoms with Crippen molar-refractivity contribution in [2.75, 3.05) is 26.2 Å². The van der Waals surface area contributed by atoms with Crippen molar-refractivity contribution in [3.8, 4) is 5.75 Å². The lowest BCUT2D eigenvalue weighted by Gasteiger charge is -2.31. The third-order valence-corrected chi connectivity index (χ3v) is 3.72. The molecule has 4 nitrogen and oxygen atoms in total. The van der Waals surface area contributed by atoms with Crippen LogP contribution in [0.2, 0.25) is 0 Å². The van der Waals surface area contributed by atoms with Crippen LogP contribution >= 0.6 is 0 Å². The first-order valence-electron chi connectivity index (χ1n) is 7.33. The molecule has 0 aromatic heterocycles. The summed E-state index contributed by atoms with van der Waals surface area (Å²) in [5.41, 5.74) is 2.23. The lowest BCUT2D eigenvalue weighted by atomic mass is 10.1. The number of ether oxygens (including phenoxy) is 1. The SMILES string of the molecule is Cc1ccc(C)c(OC[C@H](O)CN2CCC[C@@H](O)C2)c1. The van der Waals surface area contributed by atoms with Crippen LogP contribution in [-0.2, 0) is 0 Å². The Morgan fingerprint density at radius 1 is 1.40 bits per heavy atom. The quantitative estimate of drug-likeness (QED) is 0.857. The average molecular weight is 279 g/mol. The lowest BCUT2D eigenvalue weighted by Crippen LogP contribution is -2.43. The predicted octanol–water partition coefficient (Wildman–Crippen LogP) is 1.50. The normalized spacial score (nSPS) is 21.7. The topological polar surface area (TPSA) is 52.9 Å². The van der Waals surface area contributed by atoms with Gasteiger partial charge in [-0.1, -0.05) is 12.1 Å². The zero-order valence-corrected chi connectivity index (χ0v) is 12.4. The molecule has 2 atom stereocenters. The van der Waals surface area contributed by atoms with Crippen molar-refractivity contribution in [1.82, 2.24) is 4.90 Å². The summed E-state index contributed by atoms with van der Waals surface area (Å²) in [6, 6.07) is 6.07. The summed E-state index contributed by atoms with van der Waals surface area (Å²) < 4.78 is 5.71. The van der Waals surface area contributed by atoms with E-state index in [0.717, 1.165) is 36.3 Å². The standard InChI is InChI=1S/C16H25NO3/c1-12-5-6-13(2)16(8-12)20-11-15(19)10-17-7-3-4-14(18)9-17/h5-6,8,14-15,18-19H,3-4,7,9-11H2,1-2H3/t14-,15-/m1/s1. The Morgan fingerprint density at radius 3 is 2.95 bits per heavy atom. The molecule has 2 rings (SSSR count). The van der Waals surface area contributed by atoms with Gasteiger partial charge in [-0.2, -0.15) is 0 Å². The number of likely N-dealkylation sites (tertiary alicyclic amines) is 1. The number of piperidine rings is 1. The maximum Gasteiger partial charge on any atom is 0.122 e. The molecule has 1 aliphatic heterocycles. The van der Waals surface area contributed by atoms with E-state index < -0.39 is 6.10 Å². The van der Waals surface area contributed by atoms with Crippen molar-refractivity contribution < 1.29 is 14.9 Å². The Kier molecular flexibility index (Phi) is 5.40. The number of hydrogen-bond donors (Lipinski definition) is 2. The first-order chi connectivity index (χ1) is 9.54. The van der Waals surface area contributed by atoms with E-state index in [1.165, 1.54) is 0 Å². The van der Waals surface area contributed by atoms with Gasteiger partial charge in [0.15, 0.2) is 0 Å². The van der Waals surface area contributed by atoms with Gasteiger partial charge in [0.1, 0.15) is 18.5 Å². The van der Waals surface area contributed by atoms with Crippen LogP contribution in [-0.4, -0.2) is 53.6 Å². The number of β-amino-alcohol motifs (C(OH)–C–C–N with tert-alkyl or cyclic N) is 2. The van der Waals surface area contributed by atoms with Gasteiger partial charge in [0.05, 0.1) is 6.10 Å². The summed E-state index contributed by atoms with van der Waals surface area (Å²) in [4.78, 5) is 2.10. The van der Waals surface area contributed by atoms with Gasteiger partial charge in [-0.15, -0.1) is 0 Å². The minimum Gasteiger partial charge on any atom is -0.491 e. The molecule has 0 radical (unpaired) electrons. The Balaban J connectivity index is 1.79. The maximum atomic E-state index is 10.1. The molecule has 2 N–H and O–H groups in total. The summed E-state index contributed by atoms with van der Waals surface area (Å²) in [7, 11) is 0. The van der Waals surface area contributed by atoms with Gasteiger partial charge >= 0.3 is 0 Å². The zero-order chi connectivity index (χ0) is 14.5. The van der Waals surface area contributed by atoms with Crippen molar-refractivity contribution in [2.45, 2.75) is 38.9 Å². The molecule has 1 aliphatic rings. The Labute approximate surface area is 121 Å². The summed E-state index contributed by atoms with van der Waals surface area (Å²) in [6.45, 7) is 6.47. The molecule has 1 aromatic carbocycles. The number of aryl methyl sites for hydroxylation is 2. The summed E-state index contributed by atoms with van der Waals surface area (Å²) >= 11 is 0. The second-order valence-electron chi connectivity index (χ2n) is 5.79. The van der Waals surface area contributed by atoms with Gasteiger partial charge in [-0.25, -0.2) is 0 Å². The third-order valence-electron chi connectivity index (χ3n) is 3.72. The van der Waals surface area contributed by atoms with Crippen LogP contribution in [0.1, 0.15) is 24.0 Å². The van der Waals surface area contributed by atoms with E-state index in [9.17, 15) is 10.2 Å².